The molecule has 0 bridgehead atoms. The number of benzene rings is 2. The maximum absolute atomic E-state index is 9.15. The lowest BCUT2D eigenvalue weighted by atomic mass is 10.0. The van der Waals surface area contributed by atoms with Gasteiger partial charge in [0.25, 0.3) is 0 Å². The van der Waals surface area contributed by atoms with Gasteiger partial charge in [0.1, 0.15) is 0 Å². The fourth-order valence-corrected chi connectivity index (χ4v) is 2.77. The van der Waals surface area contributed by atoms with Gasteiger partial charge in [-0.1, -0.05) is 24.3 Å². The lowest BCUT2D eigenvalue weighted by Gasteiger charge is -2.04. The first-order chi connectivity index (χ1) is 8.36. The molecule has 17 heavy (non-hydrogen) atoms. The number of rotatable bonds is 2. The molecule has 1 nitrogen and oxygen atoms in total. The first-order valence-electron chi connectivity index (χ1n) is 5.54. The smallest absolute Gasteiger partial charge is 0.0682 e. The molecule has 0 atom stereocenters. The molecule has 1 heterocycles. The number of aliphatic hydroxyl groups excluding tert-OH is 1. The summed E-state index contributed by atoms with van der Waals surface area (Å²) in [4.78, 5) is 0. The molecule has 0 saturated heterocycles. The Labute approximate surface area is 104 Å². The summed E-state index contributed by atoms with van der Waals surface area (Å²) in [6.45, 7) is 0.0918. The maximum atomic E-state index is 9.15. The van der Waals surface area contributed by atoms with Gasteiger partial charge in [-0.05, 0) is 51.7 Å². The molecule has 1 aromatic heterocycles. The van der Waals surface area contributed by atoms with Gasteiger partial charge in [-0.2, -0.15) is 0 Å². The average Bonchev–Trinajstić information content (AvgIpc) is 2.86. The minimum Gasteiger partial charge on any atom is -0.392 e. The minimum atomic E-state index is 0.0918. The van der Waals surface area contributed by atoms with Gasteiger partial charge in [-0.15, -0.1) is 11.3 Å². The summed E-state index contributed by atoms with van der Waals surface area (Å²) < 4.78 is 1.31. The highest BCUT2D eigenvalue weighted by Crippen LogP contribution is 2.27. The Kier molecular flexibility index (Phi) is 2.67. The van der Waals surface area contributed by atoms with Crippen LogP contribution in [-0.2, 0) is 6.61 Å². The summed E-state index contributed by atoms with van der Waals surface area (Å²) in [6.07, 6.45) is 0. The molecule has 0 fully saturated rings. The van der Waals surface area contributed by atoms with Crippen LogP contribution in [0, 0.1) is 0 Å². The monoisotopic (exact) mass is 240 g/mol. The quantitative estimate of drug-likeness (QED) is 0.716. The van der Waals surface area contributed by atoms with Crippen LogP contribution in [0.4, 0.5) is 0 Å². The fraction of sp³-hybridized carbons (Fsp3) is 0.0667. The van der Waals surface area contributed by atoms with Crippen LogP contribution in [0.15, 0.2) is 53.9 Å². The molecule has 0 amide bonds. The van der Waals surface area contributed by atoms with E-state index in [1.54, 1.807) is 11.3 Å². The maximum Gasteiger partial charge on any atom is 0.0682 e. The Morgan fingerprint density at radius 3 is 2.71 bits per heavy atom. The summed E-state index contributed by atoms with van der Waals surface area (Å²) in [5.41, 5.74) is 3.31. The van der Waals surface area contributed by atoms with Crippen LogP contribution in [-0.4, -0.2) is 5.11 Å². The standard InChI is InChI=1S/C15H12OS/c16-10-11-2-1-3-12(8-11)13-4-5-15-14(9-13)6-7-17-15/h1-9,16H,10H2. The van der Waals surface area contributed by atoms with Gasteiger partial charge in [0.15, 0.2) is 0 Å². The molecule has 3 aromatic rings. The molecule has 0 spiro atoms. The van der Waals surface area contributed by atoms with E-state index in [1.807, 2.05) is 18.2 Å². The molecule has 0 aliphatic rings. The molecule has 3 rings (SSSR count). The zero-order valence-electron chi connectivity index (χ0n) is 9.26. The number of fused-ring (bicyclic) bond motifs is 1. The second-order valence-electron chi connectivity index (χ2n) is 4.03. The van der Waals surface area contributed by atoms with Gasteiger partial charge in [0.2, 0.25) is 0 Å². The van der Waals surface area contributed by atoms with E-state index < -0.39 is 0 Å². The van der Waals surface area contributed by atoms with E-state index in [-0.39, 0.29) is 6.61 Å². The second-order valence-corrected chi connectivity index (χ2v) is 4.98. The summed E-state index contributed by atoms with van der Waals surface area (Å²) in [5, 5.41) is 12.5. The normalized spacial score (nSPS) is 10.9. The Bertz CT molecular complexity index is 655. The molecular weight excluding hydrogens is 228 g/mol. The lowest BCUT2D eigenvalue weighted by Crippen LogP contribution is -1.84. The first kappa shape index (κ1) is 10.5. The average molecular weight is 240 g/mol. The van der Waals surface area contributed by atoms with Gasteiger partial charge >= 0.3 is 0 Å². The summed E-state index contributed by atoms with van der Waals surface area (Å²) in [6, 6.07) is 16.7. The Balaban J connectivity index is 2.12. The van der Waals surface area contributed by atoms with Gasteiger partial charge in [-0.25, -0.2) is 0 Å². The zero-order chi connectivity index (χ0) is 11.7. The predicted molar refractivity (Wildman–Crippen MR) is 73.2 cm³/mol. The van der Waals surface area contributed by atoms with Crippen molar-refractivity contribution < 1.29 is 5.11 Å². The van der Waals surface area contributed by atoms with E-state index in [9.17, 15) is 0 Å². The molecule has 2 aromatic carbocycles. The van der Waals surface area contributed by atoms with Crippen molar-refractivity contribution in [1.29, 1.82) is 0 Å². The largest absolute Gasteiger partial charge is 0.392 e. The van der Waals surface area contributed by atoms with Gasteiger partial charge in [0.05, 0.1) is 6.61 Å². The first-order valence-corrected chi connectivity index (χ1v) is 6.42. The Morgan fingerprint density at radius 1 is 0.941 bits per heavy atom. The van der Waals surface area contributed by atoms with E-state index in [2.05, 4.69) is 35.7 Å². The van der Waals surface area contributed by atoms with Gasteiger partial charge in [-0.3, -0.25) is 0 Å². The van der Waals surface area contributed by atoms with Gasteiger partial charge < -0.3 is 5.11 Å². The molecule has 0 radical (unpaired) electrons. The number of hydrogen-bond acceptors (Lipinski definition) is 2. The van der Waals surface area contributed by atoms with Crippen LogP contribution in [0.2, 0.25) is 0 Å². The van der Waals surface area contributed by atoms with E-state index in [0.29, 0.717) is 0 Å². The molecule has 0 unspecified atom stereocenters. The van der Waals surface area contributed by atoms with Crippen molar-refractivity contribution in [1.82, 2.24) is 0 Å². The van der Waals surface area contributed by atoms with Crippen molar-refractivity contribution in [3.05, 3.63) is 59.5 Å². The molecule has 1 N–H and O–H groups in total. The topological polar surface area (TPSA) is 20.2 Å². The molecule has 2 heteroatoms. The molecule has 0 aliphatic heterocycles. The van der Waals surface area contributed by atoms with Crippen molar-refractivity contribution in [2.45, 2.75) is 6.61 Å². The zero-order valence-corrected chi connectivity index (χ0v) is 10.1. The third-order valence-electron chi connectivity index (χ3n) is 2.90. The van der Waals surface area contributed by atoms with Crippen LogP contribution in [0.25, 0.3) is 21.2 Å². The van der Waals surface area contributed by atoms with Crippen molar-refractivity contribution in [3.63, 3.8) is 0 Å². The van der Waals surface area contributed by atoms with Crippen LogP contribution in [0.3, 0.4) is 0 Å². The van der Waals surface area contributed by atoms with Crippen LogP contribution in [0.1, 0.15) is 5.56 Å². The van der Waals surface area contributed by atoms with Crippen molar-refractivity contribution >= 4 is 21.4 Å². The summed E-state index contributed by atoms with van der Waals surface area (Å²) in [7, 11) is 0. The molecular formula is C15H12OS. The highest BCUT2D eigenvalue weighted by molar-refractivity contribution is 7.17. The molecule has 84 valence electrons. The fourth-order valence-electron chi connectivity index (χ4n) is 2.00. The third-order valence-corrected chi connectivity index (χ3v) is 3.79. The van der Waals surface area contributed by atoms with E-state index in [4.69, 9.17) is 5.11 Å². The highest BCUT2D eigenvalue weighted by atomic mass is 32.1. The van der Waals surface area contributed by atoms with Crippen molar-refractivity contribution in [2.75, 3.05) is 0 Å². The lowest BCUT2D eigenvalue weighted by molar-refractivity contribution is 0.282. The Morgan fingerprint density at radius 2 is 1.82 bits per heavy atom. The van der Waals surface area contributed by atoms with Gasteiger partial charge in [0, 0.05) is 4.70 Å². The number of aliphatic hydroxyl groups is 1. The number of hydrogen-bond donors (Lipinski definition) is 1. The van der Waals surface area contributed by atoms with E-state index in [1.165, 1.54) is 15.6 Å². The summed E-state index contributed by atoms with van der Waals surface area (Å²) in [5.74, 6) is 0. The predicted octanol–water partition coefficient (Wildman–Crippen LogP) is 4.06. The van der Waals surface area contributed by atoms with E-state index in [0.717, 1.165) is 11.1 Å². The summed E-state index contributed by atoms with van der Waals surface area (Å²) >= 11 is 1.76. The van der Waals surface area contributed by atoms with Crippen LogP contribution in [0.5, 0.6) is 0 Å². The van der Waals surface area contributed by atoms with Crippen molar-refractivity contribution in [3.8, 4) is 11.1 Å². The Hall–Kier alpha value is -1.64. The van der Waals surface area contributed by atoms with Crippen LogP contribution < -0.4 is 0 Å². The third kappa shape index (κ3) is 1.97. The highest BCUT2D eigenvalue weighted by Gasteiger charge is 2.01. The number of thiophene rings is 1. The SMILES string of the molecule is OCc1cccc(-c2ccc3sccc3c2)c1. The molecule has 0 saturated carbocycles. The molecule has 0 aliphatic carbocycles. The van der Waals surface area contributed by atoms with E-state index >= 15 is 0 Å². The second kappa shape index (κ2) is 4.32. The minimum absolute atomic E-state index is 0.0918. The van der Waals surface area contributed by atoms with Crippen molar-refractivity contribution in [2.24, 2.45) is 0 Å². The van der Waals surface area contributed by atoms with Crippen LogP contribution >= 0.6 is 11.3 Å².